The number of hydrogen-bond donors (Lipinski definition) is 1. The van der Waals surface area contributed by atoms with Crippen LogP contribution in [0.4, 0.5) is 0 Å². The SMILES string of the molecule is Cc1nc(SS)nc(C)c1-c1nc2ccccc2s1. The molecular formula is C13H11N3S3. The number of thiazole rings is 1. The lowest BCUT2D eigenvalue weighted by Crippen LogP contribution is -1.97. The molecule has 2 heterocycles. The highest BCUT2D eigenvalue weighted by molar-refractivity contribution is 8.68. The summed E-state index contributed by atoms with van der Waals surface area (Å²) in [5.41, 5.74) is 3.95. The maximum Gasteiger partial charge on any atom is 0.198 e. The molecule has 96 valence electrons. The first kappa shape index (κ1) is 12.9. The molecule has 3 nitrogen and oxygen atoms in total. The Balaban J connectivity index is 2.21. The molecule has 3 aromatic rings. The van der Waals surface area contributed by atoms with E-state index in [1.807, 2.05) is 32.0 Å². The first-order valence-corrected chi connectivity index (χ1v) is 8.40. The number of hydrogen-bond acceptors (Lipinski definition) is 6. The van der Waals surface area contributed by atoms with Crippen molar-refractivity contribution >= 4 is 44.0 Å². The van der Waals surface area contributed by atoms with Gasteiger partial charge < -0.3 is 0 Å². The van der Waals surface area contributed by atoms with Crippen LogP contribution < -0.4 is 0 Å². The van der Waals surface area contributed by atoms with Gasteiger partial charge in [0.1, 0.15) is 5.01 Å². The highest BCUT2D eigenvalue weighted by atomic mass is 33.1. The van der Waals surface area contributed by atoms with E-state index in [9.17, 15) is 0 Å². The van der Waals surface area contributed by atoms with Crippen molar-refractivity contribution in [1.82, 2.24) is 15.0 Å². The molecule has 0 unspecified atom stereocenters. The number of thiol groups is 1. The molecule has 1 aromatic carbocycles. The fourth-order valence-corrected chi connectivity index (χ4v) is 3.73. The second-order valence-corrected chi connectivity index (χ2v) is 6.26. The average Bonchev–Trinajstić information content (AvgIpc) is 2.80. The Morgan fingerprint density at radius 2 is 1.74 bits per heavy atom. The number of para-hydroxylation sites is 1. The molecule has 0 fully saturated rings. The van der Waals surface area contributed by atoms with Crippen molar-refractivity contribution in [2.45, 2.75) is 19.0 Å². The number of fused-ring (bicyclic) bond motifs is 1. The molecule has 0 amide bonds. The van der Waals surface area contributed by atoms with Crippen molar-refractivity contribution < 1.29 is 0 Å². The number of aryl methyl sites for hydroxylation is 2. The molecular weight excluding hydrogens is 294 g/mol. The van der Waals surface area contributed by atoms with Crippen LogP contribution in [0.15, 0.2) is 29.4 Å². The van der Waals surface area contributed by atoms with Gasteiger partial charge >= 0.3 is 0 Å². The Kier molecular flexibility index (Phi) is 3.47. The van der Waals surface area contributed by atoms with Gasteiger partial charge in [0.25, 0.3) is 0 Å². The minimum atomic E-state index is 0.684. The minimum Gasteiger partial charge on any atom is -0.236 e. The third-order valence-electron chi connectivity index (χ3n) is 2.84. The Bertz CT molecular complexity index is 696. The van der Waals surface area contributed by atoms with Crippen LogP contribution in [-0.4, -0.2) is 15.0 Å². The molecule has 0 atom stereocenters. The number of rotatable bonds is 2. The van der Waals surface area contributed by atoms with E-state index >= 15 is 0 Å². The van der Waals surface area contributed by atoms with Gasteiger partial charge in [-0.2, -0.15) is 0 Å². The summed E-state index contributed by atoms with van der Waals surface area (Å²) in [5, 5.41) is 1.66. The van der Waals surface area contributed by atoms with E-state index in [-0.39, 0.29) is 0 Å². The molecule has 0 radical (unpaired) electrons. The van der Waals surface area contributed by atoms with Crippen molar-refractivity contribution in [3.63, 3.8) is 0 Å². The Morgan fingerprint density at radius 1 is 1.05 bits per heavy atom. The van der Waals surface area contributed by atoms with Gasteiger partial charge in [0, 0.05) is 0 Å². The summed E-state index contributed by atoms with van der Waals surface area (Å²) in [5.74, 6) is 0. The summed E-state index contributed by atoms with van der Waals surface area (Å²) in [6.45, 7) is 3.98. The molecule has 6 heteroatoms. The fourth-order valence-electron chi connectivity index (χ4n) is 2.02. The summed E-state index contributed by atoms with van der Waals surface area (Å²) in [4.78, 5) is 13.6. The number of nitrogens with zero attached hydrogens (tertiary/aromatic N) is 3. The summed E-state index contributed by atoms with van der Waals surface area (Å²) >= 11 is 5.82. The van der Waals surface area contributed by atoms with Crippen molar-refractivity contribution in [3.05, 3.63) is 35.7 Å². The smallest absolute Gasteiger partial charge is 0.198 e. The summed E-state index contributed by atoms with van der Waals surface area (Å²) in [7, 11) is 1.26. The van der Waals surface area contributed by atoms with Crippen LogP contribution in [0, 0.1) is 13.8 Å². The van der Waals surface area contributed by atoms with Gasteiger partial charge in [-0.25, -0.2) is 15.0 Å². The Labute approximate surface area is 124 Å². The third kappa shape index (κ3) is 2.35. The van der Waals surface area contributed by atoms with E-state index in [0.29, 0.717) is 5.16 Å². The molecule has 0 saturated carbocycles. The zero-order valence-corrected chi connectivity index (χ0v) is 12.9. The molecule has 3 rings (SSSR count). The van der Waals surface area contributed by atoms with E-state index in [1.54, 1.807) is 11.3 Å². The lowest BCUT2D eigenvalue weighted by molar-refractivity contribution is 0.911. The summed E-state index contributed by atoms with van der Waals surface area (Å²) < 4.78 is 1.18. The quantitative estimate of drug-likeness (QED) is 0.435. The molecule has 0 N–H and O–H groups in total. The van der Waals surface area contributed by atoms with Gasteiger partial charge in [0.15, 0.2) is 5.16 Å². The molecule has 0 spiro atoms. The van der Waals surface area contributed by atoms with Crippen LogP contribution in [0.3, 0.4) is 0 Å². The minimum absolute atomic E-state index is 0.684. The predicted octanol–water partition coefficient (Wildman–Crippen LogP) is 4.31. The zero-order valence-electron chi connectivity index (χ0n) is 10.4. The Morgan fingerprint density at radius 3 is 2.37 bits per heavy atom. The molecule has 0 saturated heterocycles. The van der Waals surface area contributed by atoms with E-state index in [0.717, 1.165) is 27.5 Å². The Hall–Kier alpha value is -1.11. The van der Waals surface area contributed by atoms with Crippen LogP contribution in [0.25, 0.3) is 20.8 Å². The third-order valence-corrected chi connectivity index (χ3v) is 4.73. The average molecular weight is 305 g/mol. The maximum atomic E-state index is 4.67. The van der Waals surface area contributed by atoms with Crippen molar-refractivity contribution in [2.75, 3.05) is 0 Å². The monoisotopic (exact) mass is 305 g/mol. The van der Waals surface area contributed by atoms with Gasteiger partial charge in [-0.3, -0.25) is 0 Å². The summed E-state index contributed by atoms with van der Waals surface area (Å²) in [6, 6.07) is 8.14. The van der Waals surface area contributed by atoms with E-state index in [4.69, 9.17) is 0 Å². The van der Waals surface area contributed by atoms with Crippen molar-refractivity contribution in [2.24, 2.45) is 0 Å². The predicted molar refractivity (Wildman–Crippen MR) is 85.0 cm³/mol. The maximum absolute atomic E-state index is 4.67. The van der Waals surface area contributed by atoms with Crippen LogP contribution in [0.5, 0.6) is 0 Å². The summed E-state index contributed by atoms with van der Waals surface area (Å²) in [6.07, 6.45) is 0. The molecule has 0 bridgehead atoms. The molecule has 2 aromatic heterocycles. The van der Waals surface area contributed by atoms with Gasteiger partial charge in [0.05, 0.1) is 27.2 Å². The molecule has 0 aliphatic rings. The van der Waals surface area contributed by atoms with Gasteiger partial charge in [-0.1, -0.05) is 12.1 Å². The fraction of sp³-hybridized carbons (Fsp3) is 0.154. The largest absolute Gasteiger partial charge is 0.236 e. The van der Waals surface area contributed by atoms with Gasteiger partial charge in [-0.05, 0) is 36.8 Å². The second-order valence-electron chi connectivity index (χ2n) is 4.13. The van der Waals surface area contributed by atoms with Crippen molar-refractivity contribution in [1.29, 1.82) is 0 Å². The lowest BCUT2D eigenvalue weighted by atomic mass is 10.2. The van der Waals surface area contributed by atoms with Crippen LogP contribution in [-0.2, 0) is 0 Å². The highest BCUT2D eigenvalue weighted by Crippen LogP contribution is 2.33. The molecule has 0 aliphatic heterocycles. The van der Waals surface area contributed by atoms with Crippen LogP contribution in [0.1, 0.15) is 11.4 Å². The second kappa shape index (κ2) is 5.11. The van der Waals surface area contributed by atoms with Gasteiger partial charge in [-0.15, -0.1) is 23.0 Å². The number of aromatic nitrogens is 3. The van der Waals surface area contributed by atoms with Crippen LogP contribution >= 0.6 is 33.8 Å². The lowest BCUT2D eigenvalue weighted by Gasteiger charge is -2.06. The van der Waals surface area contributed by atoms with Crippen LogP contribution in [0.2, 0.25) is 0 Å². The van der Waals surface area contributed by atoms with E-state index in [1.165, 1.54) is 15.5 Å². The molecule has 0 aliphatic carbocycles. The standard InChI is InChI=1S/C13H11N3S3/c1-7-11(8(2)15-13(14-7)19-17)12-16-9-5-3-4-6-10(9)18-12/h3-6,17H,1-2H3. The number of benzene rings is 1. The van der Waals surface area contributed by atoms with Crippen molar-refractivity contribution in [3.8, 4) is 10.6 Å². The topological polar surface area (TPSA) is 38.7 Å². The van der Waals surface area contributed by atoms with Gasteiger partial charge in [0.2, 0.25) is 0 Å². The van der Waals surface area contributed by atoms with E-state index < -0.39 is 0 Å². The highest BCUT2D eigenvalue weighted by Gasteiger charge is 2.14. The normalized spacial score (nSPS) is 11.1. The first-order chi connectivity index (χ1) is 9.19. The molecule has 19 heavy (non-hydrogen) atoms. The first-order valence-electron chi connectivity index (χ1n) is 5.71. The zero-order chi connectivity index (χ0) is 13.4. The van der Waals surface area contributed by atoms with E-state index in [2.05, 4.69) is 32.7 Å².